The number of aryl methyl sites for hydroxylation is 3. The highest BCUT2D eigenvalue weighted by atomic mass is 16.5. The van der Waals surface area contributed by atoms with Crippen molar-refractivity contribution < 1.29 is 18.8 Å². The highest BCUT2D eigenvalue weighted by molar-refractivity contribution is 6.07. The third kappa shape index (κ3) is 4.03. The first-order valence-electron chi connectivity index (χ1n) is 9.21. The molecule has 0 bridgehead atoms. The Bertz CT molecular complexity index is 958. The number of aromatic nitrogens is 2. The second-order valence-electron chi connectivity index (χ2n) is 6.79. The van der Waals surface area contributed by atoms with Crippen LogP contribution in [0.2, 0.25) is 0 Å². The second-order valence-corrected chi connectivity index (χ2v) is 6.79. The minimum Gasteiger partial charge on any atom is -0.466 e. The molecule has 0 unspecified atom stereocenters. The van der Waals surface area contributed by atoms with Crippen LogP contribution < -0.4 is 5.32 Å². The van der Waals surface area contributed by atoms with Crippen LogP contribution in [0.15, 0.2) is 21.1 Å². The summed E-state index contributed by atoms with van der Waals surface area (Å²) in [4.78, 5) is 17.3. The maximum atomic E-state index is 12.8. The summed E-state index contributed by atoms with van der Waals surface area (Å²) in [5.41, 5.74) is 2.86. The van der Waals surface area contributed by atoms with E-state index in [2.05, 4.69) is 15.5 Å². The Kier molecular flexibility index (Phi) is 5.60. The van der Waals surface area contributed by atoms with Gasteiger partial charge in [-0.1, -0.05) is 12.1 Å². The normalized spacial score (nSPS) is 12.5. The molecule has 3 rings (SSSR count). The molecule has 0 aliphatic carbocycles. The Morgan fingerprint density at radius 2 is 2.07 bits per heavy atom. The van der Waals surface area contributed by atoms with E-state index in [4.69, 9.17) is 8.94 Å². The van der Waals surface area contributed by atoms with E-state index in [9.17, 15) is 9.90 Å². The van der Waals surface area contributed by atoms with Gasteiger partial charge in [-0.25, -0.2) is 4.98 Å². The number of carbonyl (C=O) groups excluding carboxylic acids is 1. The molecule has 2 N–H and O–H groups in total. The van der Waals surface area contributed by atoms with Gasteiger partial charge in [0.1, 0.15) is 11.5 Å². The lowest BCUT2D eigenvalue weighted by molar-refractivity contribution is 0.0950. The van der Waals surface area contributed by atoms with Gasteiger partial charge in [0, 0.05) is 12.1 Å². The molecule has 0 aliphatic heterocycles. The molecule has 0 fully saturated rings. The lowest BCUT2D eigenvalue weighted by Gasteiger charge is -2.10. The summed E-state index contributed by atoms with van der Waals surface area (Å²) >= 11 is 0. The zero-order valence-corrected chi connectivity index (χ0v) is 16.1. The lowest BCUT2D eigenvalue weighted by Crippen LogP contribution is -2.25. The van der Waals surface area contributed by atoms with E-state index in [1.165, 1.54) is 0 Å². The van der Waals surface area contributed by atoms with Crippen LogP contribution >= 0.6 is 0 Å². The molecule has 0 saturated heterocycles. The number of fused-ring (bicyclic) bond motifs is 1. The number of hydrogen-bond acceptors (Lipinski definition) is 6. The highest BCUT2D eigenvalue weighted by Crippen LogP contribution is 2.30. The number of furan rings is 1. The fourth-order valence-electron chi connectivity index (χ4n) is 3.14. The summed E-state index contributed by atoms with van der Waals surface area (Å²) in [5, 5.41) is 17.1. The summed E-state index contributed by atoms with van der Waals surface area (Å²) in [6.45, 7) is 7.94. The number of aliphatic hydroxyl groups is 1. The van der Waals surface area contributed by atoms with Crippen molar-refractivity contribution in [1.29, 1.82) is 0 Å². The first-order valence-corrected chi connectivity index (χ1v) is 9.21. The van der Waals surface area contributed by atoms with Crippen LogP contribution in [0, 0.1) is 20.8 Å². The van der Waals surface area contributed by atoms with Crippen molar-refractivity contribution >= 4 is 17.0 Å². The average Bonchev–Trinajstić information content (AvgIpc) is 3.19. The molecule has 0 saturated carbocycles. The van der Waals surface area contributed by atoms with Crippen molar-refractivity contribution in [3.05, 3.63) is 34.9 Å². The van der Waals surface area contributed by atoms with Crippen LogP contribution in [0.4, 0.5) is 0 Å². The van der Waals surface area contributed by atoms with E-state index in [1.807, 2.05) is 26.8 Å². The van der Waals surface area contributed by atoms with Crippen LogP contribution in [0.3, 0.4) is 0 Å². The minimum atomic E-state index is -0.325. The minimum absolute atomic E-state index is 0.209. The molecule has 3 aromatic heterocycles. The van der Waals surface area contributed by atoms with E-state index in [-0.39, 0.29) is 12.0 Å². The molecular weight excluding hydrogens is 346 g/mol. The largest absolute Gasteiger partial charge is 0.466 e. The molecule has 0 radical (unpaired) electrons. The van der Waals surface area contributed by atoms with Crippen molar-refractivity contribution in [2.75, 3.05) is 6.54 Å². The molecule has 1 atom stereocenters. The van der Waals surface area contributed by atoms with Gasteiger partial charge in [-0.2, -0.15) is 0 Å². The number of rotatable bonds is 7. The fraction of sp³-hybridized carbons (Fsp3) is 0.450. The highest BCUT2D eigenvalue weighted by Gasteiger charge is 2.20. The maximum Gasteiger partial charge on any atom is 0.259 e. The SMILES string of the molecule is CC[C@H](O)CCCNC(=O)c1cc(-c2cc(C)oc2C)nc2onc(C)c12. The average molecular weight is 371 g/mol. The second kappa shape index (κ2) is 7.92. The third-order valence-corrected chi connectivity index (χ3v) is 4.65. The van der Waals surface area contributed by atoms with Crippen molar-refractivity contribution in [1.82, 2.24) is 15.5 Å². The Morgan fingerprint density at radius 1 is 1.30 bits per heavy atom. The number of pyridine rings is 1. The molecule has 3 aromatic rings. The fourth-order valence-corrected chi connectivity index (χ4v) is 3.14. The van der Waals surface area contributed by atoms with Crippen molar-refractivity contribution in [2.45, 2.75) is 53.1 Å². The Morgan fingerprint density at radius 3 is 2.74 bits per heavy atom. The molecule has 3 heterocycles. The van der Waals surface area contributed by atoms with Crippen molar-refractivity contribution in [3.8, 4) is 11.3 Å². The van der Waals surface area contributed by atoms with E-state index >= 15 is 0 Å². The van der Waals surface area contributed by atoms with Crippen molar-refractivity contribution in [3.63, 3.8) is 0 Å². The molecule has 7 heteroatoms. The predicted octanol–water partition coefficient (Wildman–Crippen LogP) is 3.69. The van der Waals surface area contributed by atoms with Gasteiger partial charge >= 0.3 is 0 Å². The van der Waals surface area contributed by atoms with E-state index in [0.717, 1.165) is 17.1 Å². The Balaban J connectivity index is 1.90. The van der Waals surface area contributed by atoms with Crippen LogP contribution in [0.25, 0.3) is 22.4 Å². The van der Waals surface area contributed by atoms with Gasteiger partial charge in [-0.15, -0.1) is 0 Å². The number of hydrogen-bond donors (Lipinski definition) is 2. The molecule has 0 aliphatic rings. The first kappa shape index (κ1) is 19.1. The summed E-state index contributed by atoms with van der Waals surface area (Å²) in [7, 11) is 0. The van der Waals surface area contributed by atoms with Crippen molar-refractivity contribution in [2.24, 2.45) is 0 Å². The van der Waals surface area contributed by atoms with Gasteiger partial charge in [-0.05, 0) is 52.2 Å². The van der Waals surface area contributed by atoms with Crippen LogP contribution in [-0.4, -0.2) is 33.8 Å². The van der Waals surface area contributed by atoms with Crippen LogP contribution in [0.5, 0.6) is 0 Å². The Labute approximate surface area is 157 Å². The summed E-state index contributed by atoms with van der Waals surface area (Å²) < 4.78 is 10.9. The van der Waals surface area contributed by atoms with Gasteiger partial charge in [-0.3, -0.25) is 4.79 Å². The number of amides is 1. The van der Waals surface area contributed by atoms with E-state index in [0.29, 0.717) is 53.9 Å². The van der Waals surface area contributed by atoms with Gasteiger partial charge < -0.3 is 19.4 Å². The predicted molar refractivity (Wildman–Crippen MR) is 102 cm³/mol. The molecule has 27 heavy (non-hydrogen) atoms. The summed E-state index contributed by atoms with van der Waals surface area (Å²) in [6, 6.07) is 3.64. The topological polar surface area (TPSA) is 101 Å². The molecule has 0 aromatic carbocycles. The van der Waals surface area contributed by atoms with Gasteiger partial charge in [0.15, 0.2) is 0 Å². The van der Waals surface area contributed by atoms with Crippen LogP contribution in [0.1, 0.15) is 53.8 Å². The first-order chi connectivity index (χ1) is 12.9. The van der Waals surface area contributed by atoms with E-state index in [1.54, 1.807) is 13.0 Å². The van der Waals surface area contributed by atoms with E-state index < -0.39 is 0 Å². The van der Waals surface area contributed by atoms with Crippen LogP contribution in [-0.2, 0) is 0 Å². The number of carbonyl (C=O) groups is 1. The third-order valence-electron chi connectivity index (χ3n) is 4.65. The summed E-state index contributed by atoms with van der Waals surface area (Å²) in [6.07, 6.45) is 1.76. The molecular formula is C20H25N3O4. The molecule has 144 valence electrons. The summed E-state index contributed by atoms with van der Waals surface area (Å²) in [5.74, 6) is 1.30. The molecule has 7 nitrogen and oxygen atoms in total. The number of aliphatic hydroxyl groups excluding tert-OH is 1. The van der Waals surface area contributed by atoms with Gasteiger partial charge in [0.2, 0.25) is 0 Å². The number of nitrogens with one attached hydrogen (secondary N) is 1. The lowest BCUT2D eigenvalue weighted by atomic mass is 10.1. The maximum absolute atomic E-state index is 12.8. The monoisotopic (exact) mass is 371 g/mol. The smallest absolute Gasteiger partial charge is 0.259 e. The van der Waals surface area contributed by atoms with Gasteiger partial charge in [0.25, 0.3) is 11.6 Å². The molecule has 1 amide bonds. The van der Waals surface area contributed by atoms with Gasteiger partial charge in [0.05, 0.1) is 28.4 Å². The zero-order valence-electron chi connectivity index (χ0n) is 16.1. The zero-order chi connectivity index (χ0) is 19.6. The quantitative estimate of drug-likeness (QED) is 0.614. The number of nitrogens with zero attached hydrogens (tertiary/aromatic N) is 2. The standard InChI is InChI=1S/C20H25N3O4/c1-5-14(24)7-6-8-21-19(25)16-10-17(15-9-11(2)26-13(15)4)22-20-18(16)12(3)23-27-20/h9-10,14,24H,5-8H2,1-4H3,(H,21,25)/t14-/m0/s1. The molecule has 0 spiro atoms. The Hall–Kier alpha value is -2.67.